The number of alkyl halides is 2. The zero-order valence-electron chi connectivity index (χ0n) is 11.1. The number of hydrogen-bond acceptors (Lipinski definition) is 3. The minimum Gasteiger partial charge on any atom is -0.462 e. The number of nitrogens with zero attached hydrogens (tertiary/aromatic N) is 1. The van der Waals surface area contributed by atoms with Crippen LogP contribution in [-0.4, -0.2) is 17.6 Å². The SMILES string of the molecule is CCOC(=O)c1ccc(-c2ccccc2F)nc1C(F)F. The zero-order valence-corrected chi connectivity index (χ0v) is 11.1. The summed E-state index contributed by atoms with van der Waals surface area (Å²) in [6.45, 7) is 1.64. The highest BCUT2D eigenvalue weighted by molar-refractivity contribution is 5.91. The van der Waals surface area contributed by atoms with Crippen LogP contribution in [0.4, 0.5) is 13.2 Å². The third-order valence-corrected chi connectivity index (χ3v) is 2.78. The molecular weight excluding hydrogens is 283 g/mol. The van der Waals surface area contributed by atoms with Crippen molar-refractivity contribution >= 4 is 5.97 Å². The summed E-state index contributed by atoms with van der Waals surface area (Å²) >= 11 is 0. The first-order valence-corrected chi connectivity index (χ1v) is 6.25. The predicted octanol–water partition coefficient (Wildman–Crippen LogP) is 4.00. The van der Waals surface area contributed by atoms with Crippen molar-refractivity contribution in [3.8, 4) is 11.3 Å². The highest BCUT2D eigenvalue weighted by atomic mass is 19.3. The van der Waals surface area contributed by atoms with Gasteiger partial charge in [-0.25, -0.2) is 22.9 Å². The zero-order chi connectivity index (χ0) is 15.4. The Kier molecular flexibility index (Phi) is 4.57. The Morgan fingerprint density at radius 1 is 1.24 bits per heavy atom. The number of ether oxygens (including phenoxy) is 1. The van der Waals surface area contributed by atoms with Crippen molar-refractivity contribution in [1.82, 2.24) is 4.98 Å². The third kappa shape index (κ3) is 3.21. The molecule has 0 N–H and O–H groups in total. The van der Waals surface area contributed by atoms with Crippen molar-refractivity contribution < 1.29 is 22.7 Å². The molecule has 3 nitrogen and oxygen atoms in total. The van der Waals surface area contributed by atoms with Gasteiger partial charge in [0.25, 0.3) is 6.43 Å². The molecule has 1 heterocycles. The van der Waals surface area contributed by atoms with E-state index in [0.717, 1.165) is 0 Å². The van der Waals surface area contributed by atoms with E-state index in [0.29, 0.717) is 0 Å². The van der Waals surface area contributed by atoms with Crippen molar-refractivity contribution in [2.75, 3.05) is 6.61 Å². The Bertz CT molecular complexity index is 659. The summed E-state index contributed by atoms with van der Waals surface area (Å²) in [4.78, 5) is 15.3. The van der Waals surface area contributed by atoms with E-state index in [1.165, 1.54) is 30.3 Å². The molecule has 1 aromatic carbocycles. The summed E-state index contributed by atoms with van der Waals surface area (Å²) in [6, 6.07) is 8.18. The lowest BCUT2D eigenvalue weighted by molar-refractivity contribution is 0.0513. The molecule has 0 unspecified atom stereocenters. The summed E-state index contributed by atoms with van der Waals surface area (Å²) in [5, 5.41) is 0. The molecule has 0 fully saturated rings. The van der Waals surface area contributed by atoms with E-state index < -0.39 is 23.9 Å². The Balaban J connectivity index is 2.51. The van der Waals surface area contributed by atoms with Gasteiger partial charge in [-0.15, -0.1) is 0 Å². The number of hydrogen-bond donors (Lipinski definition) is 0. The Morgan fingerprint density at radius 2 is 1.95 bits per heavy atom. The van der Waals surface area contributed by atoms with Crippen molar-refractivity contribution in [1.29, 1.82) is 0 Å². The maximum absolute atomic E-state index is 13.7. The van der Waals surface area contributed by atoms with Gasteiger partial charge in [-0.2, -0.15) is 0 Å². The summed E-state index contributed by atoms with van der Waals surface area (Å²) in [7, 11) is 0. The average Bonchev–Trinajstić information content (AvgIpc) is 2.47. The number of halogens is 3. The second kappa shape index (κ2) is 6.39. The fourth-order valence-electron chi connectivity index (χ4n) is 1.84. The molecule has 2 rings (SSSR count). The molecule has 0 bridgehead atoms. The molecule has 0 atom stereocenters. The molecule has 0 amide bonds. The molecule has 0 radical (unpaired) electrons. The summed E-state index contributed by atoms with van der Waals surface area (Å²) < 4.78 is 44.5. The van der Waals surface area contributed by atoms with Crippen LogP contribution in [0.2, 0.25) is 0 Å². The number of carbonyl (C=O) groups excluding carboxylic acids is 1. The van der Waals surface area contributed by atoms with Gasteiger partial charge in [0.2, 0.25) is 0 Å². The molecule has 0 saturated carbocycles. The van der Waals surface area contributed by atoms with Gasteiger partial charge >= 0.3 is 5.97 Å². The molecule has 110 valence electrons. The van der Waals surface area contributed by atoms with Gasteiger partial charge in [0.1, 0.15) is 11.5 Å². The lowest BCUT2D eigenvalue weighted by Crippen LogP contribution is -2.10. The minimum absolute atomic E-state index is 0.0384. The van der Waals surface area contributed by atoms with Crippen LogP contribution in [-0.2, 0) is 4.74 Å². The molecule has 6 heteroatoms. The van der Waals surface area contributed by atoms with Crippen LogP contribution in [0.25, 0.3) is 11.3 Å². The Hall–Kier alpha value is -2.37. The van der Waals surface area contributed by atoms with Crippen molar-refractivity contribution in [2.45, 2.75) is 13.3 Å². The first-order chi connectivity index (χ1) is 10.0. The highest BCUT2D eigenvalue weighted by Gasteiger charge is 2.22. The van der Waals surface area contributed by atoms with E-state index in [1.54, 1.807) is 13.0 Å². The summed E-state index contributed by atoms with van der Waals surface area (Å²) in [5.41, 5.74) is -0.896. The number of esters is 1. The molecule has 0 saturated heterocycles. The van der Waals surface area contributed by atoms with Crippen LogP contribution in [0.5, 0.6) is 0 Å². The normalized spacial score (nSPS) is 10.7. The molecule has 2 aromatic rings. The van der Waals surface area contributed by atoms with E-state index in [4.69, 9.17) is 4.74 Å². The highest BCUT2D eigenvalue weighted by Crippen LogP contribution is 2.27. The average molecular weight is 295 g/mol. The van der Waals surface area contributed by atoms with Gasteiger partial charge < -0.3 is 4.74 Å². The molecule has 21 heavy (non-hydrogen) atoms. The maximum Gasteiger partial charge on any atom is 0.340 e. The van der Waals surface area contributed by atoms with Crippen molar-refractivity contribution in [3.63, 3.8) is 0 Å². The number of rotatable bonds is 4. The Morgan fingerprint density at radius 3 is 2.57 bits per heavy atom. The second-order valence-electron chi connectivity index (χ2n) is 4.13. The first kappa shape index (κ1) is 15.0. The lowest BCUT2D eigenvalue weighted by atomic mass is 10.1. The van der Waals surface area contributed by atoms with E-state index in [1.807, 2.05) is 0 Å². The van der Waals surface area contributed by atoms with Crippen LogP contribution in [0, 0.1) is 5.82 Å². The predicted molar refractivity (Wildman–Crippen MR) is 70.5 cm³/mol. The van der Waals surface area contributed by atoms with Gasteiger partial charge in [0.05, 0.1) is 17.9 Å². The molecule has 0 spiro atoms. The molecule has 0 aliphatic heterocycles. The molecule has 0 aliphatic rings. The van der Waals surface area contributed by atoms with Crippen molar-refractivity contribution in [3.05, 3.63) is 53.5 Å². The molecular formula is C15H12F3NO2. The van der Waals surface area contributed by atoms with Crippen LogP contribution in [0.3, 0.4) is 0 Å². The lowest BCUT2D eigenvalue weighted by Gasteiger charge is -2.10. The van der Waals surface area contributed by atoms with Gasteiger partial charge in [-0.1, -0.05) is 12.1 Å². The van der Waals surface area contributed by atoms with Crippen LogP contribution < -0.4 is 0 Å². The van der Waals surface area contributed by atoms with Gasteiger partial charge in [-0.3, -0.25) is 0 Å². The number of carbonyl (C=O) groups is 1. The fraction of sp³-hybridized carbons (Fsp3) is 0.200. The molecule has 0 aliphatic carbocycles. The smallest absolute Gasteiger partial charge is 0.340 e. The van der Waals surface area contributed by atoms with Crippen LogP contribution in [0.15, 0.2) is 36.4 Å². The summed E-state index contributed by atoms with van der Waals surface area (Å²) in [5.74, 6) is -1.45. The standard InChI is InChI=1S/C15H12F3NO2/c1-2-21-15(20)10-7-8-12(19-13(10)14(17)18)9-5-3-4-6-11(9)16/h3-8,14H,2H2,1H3. The van der Waals surface area contributed by atoms with Gasteiger partial charge in [0, 0.05) is 5.56 Å². The first-order valence-electron chi connectivity index (χ1n) is 6.25. The topological polar surface area (TPSA) is 39.2 Å². The second-order valence-corrected chi connectivity index (χ2v) is 4.13. The van der Waals surface area contributed by atoms with E-state index in [9.17, 15) is 18.0 Å². The van der Waals surface area contributed by atoms with Crippen molar-refractivity contribution in [2.24, 2.45) is 0 Å². The Labute approximate surface area is 119 Å². The number of pyridine rings is 1. The maximum atomic E-state index is 13.7. The van der Waals surface area contributed by atoms with E-state index in [2.05, 4.69) is 4.98 Å². The third-order valence-electron chi connectivity index (χ3n) is 2.78. The van der Waals surface area contributed by atoms with Gasteiger partial charge in [-0.05, 0) is 31.2 Å². The monoisotopic (exact) mass is 295 g/mol. The van der Waals surface area contributed by atoms with Crippen LogP contribution >= 0.6 is 0 Å². The quantitative estimate of drug-likeness (QED) is 0.800. The number of aromatic nitrogens is 1. The largest absolute Gasteiger partial charge is 0.462 e. The fourth-order valence-corrected chi connectivity index (χ4v) is 1.84. The van der Waals surface area contributed by atoms with E-state index >= 15 is 0 Å². The van der Waals surface area contributed by atoms with E-state index in [-0.39, 0.29) is 23.4 Å². The minimum atomic E-state index is -2.96. The van der Waals surface area contributed by atoms with Crippen LogP contribution in [0.1, 0.15) is 29.4 Å². The van der Waals surface area contributed by atoms with Gasteiger partial charge in [0.15, 0.2) is 0 Å². The number of benzene rings is 1. The molecule has 1 aromatic heterocycles. The summed E-state index contributed by atoms with van der Waals surface area (Å²) in [6.07, 6.45) is -2.96.